The summed E-state index contributed by atoms with van der Waals surface area (Å²) in [7, 11) is 0. The van der Waals surface area contributed by atoms with Crippen molar-refractivity contribution in [3.63, 3.8) is 0 Å². The van der Waals surface area contributed by atoms with E-state index in [1.165, 1.54) is 6.07 Å². The van der Waals surface area contributed by atoms with E-state index in [0.717, 1.165) is 23.5 Å². The fourth-order valence-corrected chi connectivity index (χ4v) is 2.36. The number of alkyl halides is 3. The Kier molecular flexibility index (Phi) is 3.56. The number of nitrogens with zero attached hydrogens (tertiary/aromatic N) is 3. The van der Waals surface area contributed by atoms with Crippen molar-refractivity contribution in [1.82, 2.24) is 14.9 Å². The summed E-state index contributed by atoms with van der Waals surface area (Å²) in [6.07, 6.45) is -1.67. The van der Waals surface area contributed by atoms with Gasteiger partial charge in [0.05, 0.1) is 18.7 Å². The number of carbonyl (C=O) groups is 1. The van der Waals surface area contributed by atoms with Crippen LogP contribution >= 0.6 is 0 Å². The highest BCUT2D eigenvalue weighted by Crippen LogP contribution is 2.27. The average molecular weight is 307 g/mol. The summed E-state index contributed by atoms with van der Waals surface area (Å²) in [5.74, 6) is -0.153. The van der Waals surface area contributed by atoms with Crippen LogP contribution < -0.4 is 0 Å². The van der Waals surface area contributed by atoms with E-state index in [2.05, 4.69) is 9.97 Å². The largest absolute Gasteiger partial charge is 0.433 e. The second kappa shape index (κ2) is 5.40. The zero-order valence-electron chi connectivity index (χ0n) is 11.5. The van der Waals surface area contributed by atoms with E-state index in [0.29, 0.717) is 18.7 Å². The lowest BCUT2D eigenvalue weighted by atomic mass is 10.2. The second-order valence-corrected chi connectivity index (χ2v) is 5.09. The summed E-state index contributed by atoms with van der Waals surface area (Å²) >= 11 is 0. The van der Waals surface area contributed by atoms with Crippen LogP contribution in [0.25, 0.3) is 0 Å². The van der Waals surface area contributed by atoms with Gasteiger partial charge in [0, 0.05) is 18.9 Å². The summed E-state index contributed by atoms with van der Waals surface area (Å²) in [5, 5.41) is 0. The molecule has 0 aromatic carbocycles. The smallest absolute Gasteiger partial charge is 0.332 e. The molecule has 3 heterocycles. The van der Waals surface area contributed by atoms with Crippen LogP contribution in [0.5, 0.6) is 0 Å². The van der Waals surface area contributed by atoms with Gasteiger partial charge in [-0.2, -0.15) is 13.2 Å². The number of carbonyl (C=O) groups excluding carboxylic acids is 1. The highest BCUT2D eigenvalue weighted by Gasteiger charge is 2.32. The monoisotopic (exact) mass is 307 g/mol. The number of aromatic nitrogens is 2. The third-order valence-electron chi connectivity index (χ3n) is 3.51. The lowest BCUT2D eigenvalue weighted by molar-refractivity contribution is -0.141. The summed E-state index contributed by atoms with van der Waals surface area (Å²) < 4.78 is 37.3. The Hall–Kier alpha value is -2.44. The Labute approximate surface area is 124 Å². The molecule has 0 fully saturated rings. The molecule has 0 bridgehead atoms. The van der Waals surface area contributed by atoms with Crippen molar-refractivity contribution in [3.05, 3.63) is 59.2 Å². The van der Waals surface area contributed by atoms with Crippen LogP contribution in [0.3, 0.4) is 0 Å². The Balaban J connectivity index is 1.66. The Bertz CT molecular complexity index is 673. The van der Waals surface area contributed by atoms with Crippen LogP contribution in [0.4, 0.5) is 13.2 Å². The van der Waals surface area contributed by atoms with Crippen molar-refractivity contribution in [1.29, 1.82) is 0 Å². The highest BCUT2D eigenvalue weighted by atomic mass is 19.4. The van der Waals surface area contributed by atoms with Crippen molar-refractivity contribution in [3.8, 4) is 0 Å². The molecule has 1 amide bonds. The molecule has 0 N–H and O–H groups in total. The zero-order chi connectivity index (χ0) is 15.7. The average Bonchev–Trinajstić information content (AvgIpc) is 2.91. The number of hydrogen-bond donors (Lipinski definition) is 0. The Morgan fingerprint density at radius 2 is 2.00 bits per heavy atom. The molecule has 2 aromatic rings. The summed E-state index contributed by atoms with van der Waals surface area (Å²) in [4.78, 5) is 21.4. The fraction of sp³-hybridized carbons (Fsp3) is 0.267. The molecule has 2 aromatic heterocycles. The van der Waals surface area contributed by atoms with Gasteiger partial charge < -0.3 is 4.90 Å². The number of hydrogen-bond acceptors (Lipinski definition) is 3. The van der Waals surface area contributed by atoms with E-state index in [-0.39, 0.29) is 12.3 Å². The van der Waals surface area contributed by atoms with E-state index in [9.17, 15) is 18.0 Å². The van der Waals surface area contributed by atoms with Crippen LogP contribution in [0.1, 0.15) is 22.5 Å². The molecule has 114 valence electrons. The minimum absolute atomic E-state index is 0.0269. The van der Waals surface area contributed by atoms with Gasteiger partial charge in [-0.1, -0.05) is 12.1 Å². The molecule has 0 spiro atoms. The molecule has 4 nitrogen and oxygen atoms in total. The van der Waals surface area contributed by atoms with Gasteiger partial charge in [-0.3, -0.25) is 14.8 Å². The van der Waals surface area contributed by atoms with E-state index < -0.39 is 11.9 Å². The van der Waals surface area contributed by atoms with Gasteiger partial charge >= 0.3 is 6.18 Å². The van der Waals surface area contributed by atoms with Gasteiger partial charge in [-0.05, 0) is 23.3 Å². The Morgan fingerprint density at radius 3 is 2.64 bits per heavy atom. The van der Waals surface area contributed by atoms with Gasteiger partial charge in [-0.15, -0.1) is 0 Å². The van der Waals surface area contributed by atoms with Crippen molar-refractivity contribution in [2.45, 2.75) is 25.7 Å². The molecule has 1 aliphatic rings. The van der Waals surface area contributed by atoms with E-state index in [1.807, 2.05) is 12.1 Å². The second-order valence-electron chi connectivity index (χ2n) is 5.09. The number of halogens is 3. The first kappa shape index (κ1) is 14.5. The first-order chi connectivity index (χ1) is 10.4. The van der Waals surface area contributed by atoms with Gasteiger partial charge in [0.15, 0.2) is 0 Å². The van der Waals surface area contributed by atoms with Crippen LogP contribution in [0.15, 0.2) is 36.7 Å². The van der Waals surface area contributed by atoms with Crippen molar-refractivity contribution in [2.75, 3.05) is 0 Å². The van der Waals surface area contributed by atoms with Crippen LogP contribution in [0, 0.1) is 0 Å². The predicted octanol–water partition coefficient (Wildman–Crippen LogP) is 2.58. The normalized spacial score (nSPS) is 14.0. The molecule has 3 rings (SSSR count). The summed E-state index contributed by atoms with van der Waals surface area (Å²) in [5.41, 5.74) is 1.37. The maximum absolute atomic E-state index is 12.4. The van der Waals surface area contributed by atoms with Crippen molar-refractivity contribution >= 4 is 5.91 Å². The summed E-state index contributed by atoms with van der Waals surface area (Å²) in [6, 6.07) is 5.90. The summed E-state index contributed by atoms with van der Waals surface area (Å²) in [6.45, 7) is 0.916. The van der Waals surface area contributed by atoms with Gasteiger partial charge in [0.25, 0.3) is 0 Å². The van der Waals surface area contributed by atoms with Gasteiger partial charge in [0.2, 0.25) is 5.91 Å². The lowest BCUT2D eigenvalue weighted by Crippen LogP contribution is -2.27. The molecule has 22 heavy (non-hydrogen) atoms. The molecule has 0 saturated carbocycles. The van der Waals surface area contributed by atoms with Crippen molar-refractivity contribution < 1.29 is 18.0 Å². The van der Waals surface area contributed by atoms with E-state index >= 15 is 0 Å². The number of fused-ring (bicyclic) bond motifs is 1. The molecule has 0 saturated heterocycles. The highest BCUT2D eigenvalue weighted by molar-refractivity contribution is 5.79. The molecule has 7 heteroatoms. The van der Waals surface area contributed by atoms with Gasteiger partial charge in [-0.25, -0.2) is 0 Å². The van der Waals surface area contributed by atoms with Crippen LogP contribution in [0.2, 0.25) is 0 Å². The lowest BCUT2D eigenvalue weighted by Gasteiger charge is -2.15. The number of rotatable bonds is 2. The third-order valence-corrected chi connectivity index (χ3v) is 3.51. The molecule has 1 aliphatic heterocycles. The van der Waals surface area contributed by atoms with Crippen molar-refractivity contribution in [2.24, 2.45) is 0 Å². The molecule has 0 atom stereocenters. The minimum Gasteiger partial charge on any atom is -0.332 e. The number of pyridine rings is 2. The SMILES string of the molecule is O=C(Cc1ccc(C(F)(F)F)nc1)N1Cc2cccnc2C1. The zero-order valence-corrected chi connectivity index (χ0v) is 11.5. The fourth-order valence-electron chi connectivity index (χ4n) is 2.36. The molecule has 0 aliphatic carbocycles. The topological polar surface area (TPSA) is 46.1 Å². The first-order valence-corrected chi connectivity index (χ1v) is 6.66. The standard InChI is InChI=1S/C15H12F3N3O/c16-15(17,18)13-4-3-10(7-20-13)6-14(22)21-8-11-2-1-5-19-12(11)9-21/h1-5,7H,6,8-9H2. The minimum atomic E-state index is -4.47. The first-order valence-electron chi connectivity index (χ1n) is 6.66. The maximum atomic E-state index is 12.4. The van der Waals surface area contributed by atoms with Crippen LogP contribution in [-0.2, 0) is 30.5 Å². The van der Waals surface area contributed by atoms with Crippen LogP contribution in [-0.4, -0.2) is 20.8 Å². The molecule has 0 unspecified atom stereocenters. The molecular formula is C15H12F3N3O. The van der Waals surface area contributed by atoms with E-state index in [4.69, 9.17) is 0 Å². The number of amides is 1. The quantitative estimate of drug-likeness (QED) is 0.856. The molecular weight excluding hydrogens is 295 g/mol. The predicted molar refractivity (Wildman–Crippen MR) is 71.4 cm³/mol. The maximum Gasteiger partial charge on any atom is 0.433 e. The third kappa shape index (κ3) is 2.93. The molecule has 0 radical (unpaired) electrons. The van der Waals surface area contributed by atoms with E-state index in [1.54, 1.807) is 11.1 Å². The van der Waals surface area contributed by atoms with Gasteiger partial charge in [0.1, 0.15) is 5.69 Å². The Morgan fingerprint density at radius 1 is 1.18 bits per heavy atom.